The number of carbonyl (C=O) groups is 1. The normalized spacial score (nSPS) is 19.6. The Kier molecular flexibility index (Phi) is 6.90. The number of ketones is 1. The van der Waals surface area contributed by atoms with Gasteiger partial charge in [-0.1, -0.05) is 45.1 Å². The molecule has 2 unspecified atom stereocenters. The van der Waals surface area contributed by atoms with Gasteiger partial charge in [-0.2, -0.15) is 0 Å². The summed E-state index contributed by atoms with van der Waals surface area (Å²) in [7, 11) is 1.52. The zero-order valence-corrected chi connectivity index (χ0v) is 14.2. The Morgan fingerprint density at radius 1 is 1.26 bits per heavy atom. The molecule has 1 aliphatic rings. The number of rotatable bonds is 11. The van der Waals surface area contributed by atoms with E-state index in [1.54, 1.807) is 12.1 Å². The molecule has 0 radical (unpaired) electrons. The number of Topliss-reactive ketones (excluding diaryl/α,β-unsaturated/α-hetero) is 1. The van der Waals surface area contributed by atoms with E-state index in [4.69, 9.17) is 9.47 Å². The van der Waals surface area contributed by atoms with Crippen LogP contribution in [-0.2, 0) is 16.0 Å². The van der Waals surface area contributed by atoms with Crippen LogP contribution in [0.15, 0.2) is 18.2 Å². The van der Waals surface area contributed by atoms with Crippen LogP contribution in [0.4, 0.5) is 0 Å². The number of aryl methyl sites for hydroxylation is 1. The first-order valence-corrected chi connectivity index (χ1v) is 8.69. The van der Waals surface area contributed by atoms with Gasteiger partial charge in [0.1, 0.15) is 6.10 Å². The zero-order valence-electron chi connectivity index (χ0n) is 14.2. The van der Waals surface area contributed by atoms with E-state index in [0.717, 1.165) is 18.4 Å². The average molecular weight is 320 g/mol. The summed E-state index contributed by atoms with van der Waals surface area (Å²) < 4.78 is 10.6. The summed E-state index contributed by atoms with van der Waals surface area (Å²) in [5, 5.41) is 9.57. The molecule has 1 aliphatic heterocycles. The van der Waals surface area contributed by atoms with E-state index in [0.29, 0.717) is 18.6 Å². The molecule has 0 bridgehead atoms. The van der Waals surface area contributed by atoms with Crippen LogP contribution in [0.5, 0.6) is 11.5 Å². The molecule has 128 valence electrons. The number of unbranched alkanes of at least 4 members (excludes halogenated alkanes) is 4. The maximum atomic E-state index is 12.1. The number of phenols is 1. The molecule has 2 rings (SSSR count). The Morgan fingerprint density at radius 3 is 2.78 bits per heavy atom. The lowest BCUT2D eigenvalue weighted by Crippen LogP contribution is -2.11. The standard InChI is InChI=1S/C19H28O4/c1-3-4-5-6-7-8-17-19(23-17)16(21)12-10-14-9-11-15(20)18(13-14)22-2/h9,11,13,17,19-20H,3-8,10,12H2,1-2H3. The van der Waals surface area contributed by atoms with Crippen molar-refractivity contribution in [2.45, 2.75) is 70.5 Å². The lowest BCUT2D eigenvalue weighted by atomic mass is 10.0. The number of aromatic hydroxyl groups is 1. The summed E-state index contributed by atoms with van der Waals surface area (Å²) in [5.74, 6) is 0.759. The highest BCUT2D eigenvalue weighted by molar-refractivity contribution is 5.86. The van der Waals surface area contributed by atoms with Crippen LogP contribution in [0.2, 0.25) is 0 Å². The first-order valence-electron chi connectivity index (χ1n) is 8.69. The molecular formula is C19H28O4. The second kappa shape index (κ2) is 8.92. The van der Waals surface area contributed by atoms with E-state index in [1.165, 1.54) is 32.8 Å². The molecule has 1 aromatic carbocycles. The highest BCUT2D eigenvalue weighted by Gasteiger charge is 2.43. The van der Waals surface area contributed by atoms with E-state index in [9.17, 15) is 9.90 Å². The highest BCUT2D eigenvalue weighted by atomic mass is 16.6. The average Bonchev–Trinajstić information content (AvgIpc) is 3.33. The molecule has 4 heteroatoms. The van der Waals surface area contributed by atoms with Crippen LogP contribution in [0.1, 0.15) is 57.4 Å². The van der Waals surface area contributed by atoms with Crippen LogP contribution < -0.4 is 4.74 Å². The predicted molar refractivity (Wildman–Crippen MR) is 90.0 cm³/mol. The predicted octanol–water partition coefficient (Wildman–Crippen LogP) is 4.03. The fourth-order valence-electron chi connectivity index (χ4n) is 2.88. The van der Waals surface area contributed by atoms with Crippen molar-refractivity contribution in [3.8, 4) is 11.5 Å². The number of methoxy groups -OCH3 is 1. The van der Waals surface area contributed by atoms with Crippen molar-refractivity contribution in [1.29, 1.82) is 0 Å². The van der Waals surface area contributed by atoms with Gasteiger partial charge in [0.25, 0.3) is 0 Å². The third-order valence-corrected chi connectivity index (χ3v) is 4.40. The van der Waals surface area contributed by atoms with Crippen LogP contribution in [-0.4, -0.2) is 30.2 Å². The van der Waals surface area contributed by atoms with E-state index in [2.05, 4.69) is 6.92 Å². The van der Waals surface area contributed by atoms with Gasteiger partial charge in [0, 0.05) is 6.42 Å². The van der Waals surface area contributed by atoms with Gasteiger partial charge in [0.05, 0.1) is 13.2 Å². The number of hydrogen-bond acceptors (Lipinski definition) is 4. The summed E-state index contributed by atoms with van der Waals surface area (Å²) in [6.07, 6.45) is 8.33. The van der Waals surface area contributed by atoms with Crippen molar-refractivity contribution in [3.05, 3.63) is 23.8 Å². The first-order chi connectivity index (χ1) is 11.2. The third kappa shape index (κ3) is 5.54. The molecule has 0 saturated carbocycles. The van der Waals surface area contributed by atoms with Gasteiger partial charge < -0.3 is 14.6 Å². The fourth-order valence-corrected chi connectivity index (χ4v) is 2.88. The SMILES string of the molecule is CCCCCCCC1OC1C(=O)CCc1ccc(O)c(OC)c1. The second-order valence-electron chi connectivity index (χ2n) is 6.27. The molecule has 2 atom stereocenters. The Morgan fingerprint density at radius 2 is 2.04 bits per heavy atom. The summed E-state index contributed by atoms with van der Waals surface area (Å²) in [6.45, 7) is 2.21. The quantitative estimate of drug-likeness (QED) is 0.494. The number of epoxide rings is 1. The van der Waals surface area contributed by atoms with Crippen molar-refractivity contribution in [2.75, 3.05) is 7.11 Å². The summed E-state index contributed by atoms with van der Waals surface area (Å²) in [5.41, 5.74) is 0.991. The van der Waals surface area contributed by atoms with Crippen LogP contribution in [0.25, 0.3) is 0 Å². The molecule has 1 fully saturated rings. The zero-order chi connectivity index (χ0) is 16.7. The Labute approximate surface area is 138 Å². The van der Waals surface area contributed by atoms with Gasteiger partial charge in [0.2, 0.25) is 0 Å². The van der Waals surface area contributed by atoms with Crippen molar-refractivity contribution in [3.63, 3.8) is 0 Å². The van der Waals surface area contributed by atoms with Crippen molar-refractivity contribution < 1.29 is 19.4 Å². The molecule has 1 saturated heterocycles. The molecule has 1 N–H and O–H groups in total. The monoisotopic (exact) mass is 320 g/mol. The molecule has 1 heterocycles. The van der Waals surface area contributed by atoms with Crippen LogP contribution in [0.3, 0.4) is 0 Å². The van der Waals surface area contributed by atoms with Crippen LogP contribution >= 0.6 is 0 Å². The largest absolute Gasteiger partial charge is 0.504 e. The summed E-state index contributed by atoms with van der Waals surface area (Å²) in [6, 6.07) is 5.21. The number of hydrogen-bond donors (Lipinski definition) is 1. The Hall–Kier alpha value is -1.55. The van der Waals surface area contributed by atoms with Gasteiger partial charge >= 0.3 is 0 Å². The number of phenolic OH excluding ortho intramolecular Hbond substituents is 1. The summed E-state index contributed by atoms with van der Waals surface area (Å²) in [4.78, 5) is 12.1. The topological polar surface area (TPSA) is 59.1 Å². The molecular weight excluding hydrogens is 292 g/mol. The van der Waals surface area contributed by atoms with Crippen molar-refractivity contribution in [1.82, 2.24) is 0 Å². The second-order valence-corrected chi connectivity index (χ2v) is 6.27. The van der Waals surface area contributed by atoms with Crippen molar-refractivity contribution in [2.24, 2.45) is 0 Å². The molecule has 1 aromatic rings. The molecule has 0 amide bonds. The van der Waals surface area contributed by atoms with E-state index >= 15 is 0 Å². The molecule has 23 heavy (non-hydrogen) atoms. The smallest absolute Gasteiger partial charge is 0.164 e. The maximum Gasteiger partial charge on any atom is 0.164 e. The highest BCUT2D eigenvalue weighted by Crippen LogP contribution is 2.30. The minimum Gasteiger partial charge on any atom is -0.504 e. The van der Waals surface area contributed by atoms with Crippen LogP contribution in [0, 0.1) is 0 Å². The maximum absolute atomic E-state index is 12.1. The number of ether oxygens (including phenoxy) is 2. The van der Waals surface area contributed by atoms with Crippen molar-refractivity contribution >= 4 is 5.78 Å². The minimum absolute atomic E-state index is 0.122. The van der Waals surface area contributed by atoms with Gasteiger partial charge in [0.15, 0.2) is 17.3 Å². The molecule has 0 aliphatic carbocycles. The number of benzene rings is 1. The Balaban J connectivity index is 1.66. The first kappa shape index (κ1) is 17.8. The van der Waals surface area contributed by atoms with Gasteiger partial charge in [-0.15, -0.1) is 0 Å². The van der Waals surface area contributed by atoms with E-state index in [1.807, 2.05) is 6.07 Å². The van der Waals surface area contributed by atoms with Gasteiger partial charge in [-0.3, -0.25) is 4.79 Å². The third-order valence-electron chi connectivity index (χ3n) is 4.40. The fraction of sp³-hybridized carbons (Fsp3) is 0.632. The molecule has 0 aromatic heterocycles. The molecule has 0 spiro atoms. The lowest BCUT2D eigenvalue weighted by Gasteiger charge is -2.06. The van der Waals surface area contributed by atoms with Gasteiger partial charge in [-0.05, 0) is 30.5 Å². The Bertz CT molecular complexity index is 512. The van der Waals surface area contributed by atoms with E-state index in [-0.39, 0.29) is 23.7 Å². The summed E-state index contributed by atoms with van der Waals surface area (Å²) >= 11 is 0. The lowest BCUT2D eigenvalue weighted by molar-refractivity contribution is -0.120. The van der Waals surface area contributed by atoms with Gasteiger partial charge in [-0.25, -0.2) is 0 Å². The molecule has 4 nitrogen and oxygen atoms in total. The van der Waals surface area contributed by atoms with E-state index < -0.39 is 0 Å². The minimum atomic E-state index is -0.180. The number of carbonyl (C=O) groups excluding carboxylic acids is 1.